The van der Waals surface area contributed by atoms with Gasteiger partial charge in [-0.25, -0.2) is 0 Å². The second kappa shape index (κ2) is 9.81. The molecule has 1 aromatic rings. The zero-order valence-electron chi connectivity index (χ0n) is 18.4. The van der Waals surface area contributed by atoms with Crippen molar-refractivity contribution < 1.29 is 19.1 Å². The largest absolute Gasteiger partial charge is 0.452 e. The summed E-state index contributed by atoms with van der Waals surface area (Å²) in [6, 6.07) is 10.3. The van der Waals surface area contributed by atoms with Crippen LogP contribution in [0.1, 0.15) is 38.2 Å². The Bertz CT molecular complexity index is 779. The van der Waals surface area contributed by atoms with E-state index in [1.807, 2.05) is 23.1 Å². The van der Waals surface area contributed by atoms with Crippen molar-refractivity contribution in [3.8, 4) is 0 Å². The lowest BCUT2D eigenvalue weighted by Crippen LogP contribution is -2.51. The number of carbonyl (C=O) groups is 3. The molecule has 4 rings (SSSR count). The van der Waals surface area contributed by atoms with Crippen molar-refractivity contribution in [2.24, 2.45) is 11.8 Å². The SMILES string of the molecule is CC(OC(=O)C1CCN(C(=O)C2CC2)CC1)C(=O)N1CCN(Cc2ccccc2)CC1. The summed E-state index contributed by atoms with van der Waals surface area (Å²) < 4.78 is 5.54. The molecule has 3 fully saturated rings. The number of piperidine rings is 1. The van der Waals surface area contributed by atoms with E-state index in [-0.39, 0.29) is 29.6 Å². The average molecular weight is 428 g/mol. The van der Waals surface area contributed by atoms with Crippen molar-refractivity contribution in [2.45, 2.75) is 45.3 Å². The van der Waals surface area contributed by atoms with Gasteiger partial charge in [0.2, 0.25) is 5.91 Å². The summed E-state index contributed by atoms with van der Waals surface area (Å²) in [6.07, 6.45) is 2.48. The van der Waals surface area contributed by atoms with Gasteiger partial charge >= 0.3 is 5.97 Å². The molecule has 31 heavy (non-hydrogen) atoms. The van der Waals surface area contributed by atoms with Gasteiger partial charge in [-0.3, -0.25) is 19.3 Å². The molecule has 2 saturated heterocycles. The number of rotatable bonds is 6. The number of amides is 2. The molecule has 1 aliphatic carbocycles. The molecule has 2 aliphatic heterocycles. The smallest absolute Gasteiger partial charge is 0.309 e. The number of carbonyl (C=O) groups excluding carboxylic acids is 3. The van der Waals surface area contributed by atoms with Gasteiger partial charge in [0.1, 0.15) is 0 Å². The van der Waals surface area contributed by atoms with E-state index in [1.165, 1.54) is 5.56 Å². The van der Waals surface area contributed by atoms with E-state index in [4.69, 9.17) is 4.74 Å². The average Bonchev–Trinajstić information content (AvgIpc) is 3.65. The quantitative estimate of drug-likeness (QED) is 0.649. The maximum atomic E-state index is 12.8. The first-order valence-corrected chi connectivity index (χ1v) is 11.6. The van der Waals surface area contributed by atoms with Gasteiger partial charge in [0, 0.05) is 51.7 Å². The Kier molecular flexibility index (Phi) is 6.90. The molecule has 168 valence electrons. The van der Waals surface area contributed by atoms with Gasteiger partial charge in [-0.2, -0.15) is 0 Å². The Morgan fingerprint density at radius 1 is 0.871 bits per heavy atom. The molecule has 1 atom stereocenters. The maximum absolute atomic E-state index is 12.8. The fourth-order valence-corrected chi connectivity index (χ4v) is 4.47. The molecule has 1 aromatic carbocycles. The highest BCUT2D eigenvalue weighted by Gasteiger charge is 2.37. The predicted octanol–water partition coefficient (Wildman–Crippen LogP) is 1.91. The molecule has 0 aromatic heterocycles. The normalized spacial score (nSPS) is 21.6. The highest BCUT2D eigenvalue weighted by Crippen LogP contribution is 2.32. The van der Waals surface area contributed by atoms with Crippen molar-refractivity contribution in [3.05, 3.63) is 35.9 Å². The van der Waals surface area contributed by atoms with Gasteiger partial charge in [0.25, 0.3) is 5.91 Å². The monoisotopic (exact) mass is 427 g/mol. The van der Waals surface area contributed by atoms with E-state index in [2.05, 4.69) is 17.0 Å². The molecule has 1 saturated carbocycles. The molecular weight excluding hydrogens is 394 g/mol. The van der Waals surface area contributed by atoms with E-state index < -0.39 is 6.10 Å². The van der Waals surface area contributed by atoms with Crippen LogP contribution in [0.2, 0.25) is 0 Å². The molecular formula is C24H33N3O4. The molecule has 2 heterocycles. The fraction of sp³-hybridized carbons (Fsp3) is 0.625. The number of benzene rings is 1. The van der Waals surface area contributed by atoms with Crippen LogP contribution in [0, 0.1) is 11.8 Å². The third-order valence-electron chi connectivity index (χ3n) is 6.64. The summed E-state index contributed by atoms with van der Waals surface area (Å²) in [5, 5.41) is 0. The van der Waals surface area contributed by atoms with E-state index in [0.29, 0.717) is 39.0 Å². The lowest BCUT2D eigenvalue weighted by molar-refractivity contribution is -0.164. The van der Waals surface area contributed by atoms with Crippen molar-refractivity contribution in [2.75, 3.05) is 39.3 Å². The van der Waals surface area contributed by atoms with Crippen molar-refractivity contribution in [1.29, 1.82) is 0 Å². The van der Waals surface area contributed by atoms with Crippen LogP contribution >= 0.6 is 0 Å². The first-order valence-electron chi connectivity index (χ1n) is 11.6. The first kappa shape index (κ1) is 21.8. The number of nitrogens with zero attached hydrogens (tertiary/aromatic N) is 3. The van der Waals surface area contributed by atoms with Crippen LogP contribution in [0.15, 0.2) is 30.3 Å². The highest BCUT2D eigenvalue weighted by molar-refractivity contribution is 5.84. The maximum Gasteiger partial charge on any atom is 0.309 e. The summed E-state index contributed by atoms with van der Waals surface area (Å²) in [4.78, 5) is 43.5. The Labute approximate surface area is 184 Å². The van der Waals surface area contributed by atoms with Crippen LogP contribution in [-0.2, 0) is 25.7 Å². The Balaban J connectivity index is 1.18. The van der Waals surface area contributed by atoms with Gasteiger partial charge < -0.3 is 14.5 Å². The molecule has 7 nitrogen and oxygen atoms in total. The lowest BCUT2D eigenvalue weighted by atomic mass is 9.96. The van der Waals surface area contributed by atoms with Crippen LogP contribution < -0.4 is 0 Å². The fourth-order valence-electron chi connectivity index (χ4n) is 4.47. The summed E-state index contributed by atoms with van der Waals surface area (Å²) in [5.41, 5.74) is 1.27. The van der Waals surface area contributed by atoms with Gasteiger partial charge in [-0.15, -0.1) is 0 Å². The van der Waals surface area contributed by atoms with Gasteiger partial charge in [0.05, 0.1) is 5.92 Å². The number of piperazine rings is 1. The van der Waals surface area contributed by atoms with Crippen LogP contribution in [0.25, 0.3) is 0 Å². The number of likely N-dealkylation sites (tertiary alicyclic amines) is 1. The van der Waals surface area contributed by atoms with Gasteiger partial charge in [-0.05, 0) is 38.2 Å². The second-order valence-corrected chi connectivity index (χ2v) is 9.04. The third kappa shape index (κ3) is 5.64. The standard InChI is InChI=1S/C24H33N3O4/c1-18(31-24(30)21-9-11-26(12-10-21)23(29)20-7-8-20)22(28)27-15-13-25(14-16-27)17-19-5-3-2-4-6-19/h2-6,18,20-21H,7-17H2,1H3. The molecule has 0 bridgehead atoms. The number of esters is 1. The van der Waals surface area contributed by atoms with Crippen LogP contribution in [-0.4, -0.2) is 77.9 Å². The number of ether oxygens (including phenoxy) is 1. The highest BCUT2D eigenvalue weighted by atomic mass is 16.5. The summed E-state index contributed by atoms with van der Waals surface area (Å²) >= 11 is 0. The third-order valence-corrected chi connectivity index (χ3v) is 6.64. The van der Waals surface area contributed by atoms with E-state index >= 15 is 0 Å². The lowest BCUT2D eigenvalue weighted by Gasteiger charge is -2.36. The summed E-state index contributed by atoms with van der Waals surface area (Å²) in [7, 11) is 0. The minimum Gasteiger partial charge on any atom is -0.452 e. The van der Waals surface area contributed by atoms with E-state index in [0.717, 1.165) is 32.5 Å². The van der Waals surface area contributed by atoms with Crippen LogP contribution in [0.3, 0.4) is 0 Å². The summed E-state index contributed by atoms with van der Waals surface area (Å²) in [6.45, 7) is 6.70. The topological polar surface area (TPSA) is 70.2 Å². The molecule has 0 spiro atoms. The van der Waals surface area contributed by atoms with Crippen molar-refractivity contribution >= 4 is 17.8 Å². The van der Waals surface area contributed by atoms with Crippen molar-refractivity contribution in [1.82, 2.24) is 14.7 Å². The zero-order chi connectivity index (χ0) is 21.8. The van der Waals surface area contributed by atoms with Crippen molar-refractivity contribution in [3.63, 3.8) is 0 Å². The minimum atomic E-state index is -0.765. The molecule has 0 N–H and O–H groups in total. The zero-order valence-corrected chi connectivity index (χ0v) is 18.4. The van der Waals surface area contributed by atoms with E-state index in [9.17, 15) is 14.4 Å². The molecule has 1 unspecified atom stereocenters. The molecule has 2 amide bonds. The molecule has 7 heteroatoms. The Morgan fingerprint density at radius 2 is 1.52 bits per heavy atom. The van der Waals surface area contributed by atoms with Gasteiger partial charge in [-0.1, -0.05) is 30.3 Å². The first-order chi connectivity index (χ1) is 15.0. The minimum absolute atomic E-state index is 0.117. The summed E-state index contributed by atoms with van der Waals surface area (Å²) in [5.74, 6) is -0.187. The molecule has 3 aliphatic rings. The van der Waals surface area contributed by atoms with Crippen LogP contribution in [0.4, 0.5) is 0 Å². The van der Waals surface area contributed by atoms with Crippen LogP contribution in [0.5, 0.6) is 0 Å². The Morgan fingerprint density at radius 3 is 2.13 bits per heavy atom. The number of hydrogen-bond donors (Lipinski definition) is 0. The van der Waals surface area contributed by atoms with E-state index in [1.54, 1.807) is 11.8 Å². The number of hydrogen-bond acceptors (Lipinski definition) is 5. The van der Waals surface area contributed by atoms with Gasteiger partial charge in [0.15, 0.2) is 6.10 Å². The predicted molar refractivity (Wildman–Crippen MR) is 116 cm³/mol. The second-order valence-electron chi connectivity index (χ2n) is 9.04. The molecule has 0 radical (unpaired) electrons. The Hall–Kier alpha value is -2.41.